The number of hydrogen-bond donors (Lipinski definition) is 1. The number of thiazole rings is 1. The molecule has 0 aliphatic heterocycles. The monoisotopic (exact) mass is 542 g/mol. The summed E-state index contributed by atoms with van der Waals surface area (Å²) in [6.45, 7) is 11.1. The molecule has 36 heavy (non-hydrogen) atoms. The molecule has 190 valence electrons. The van der Waals surface area contributed by atoms with Crippen molar-refractivity contribution < 1.29 is 14.6 Å². The van der Waals surface area contributed by atoms with Gasteiger partial charge in [-0.3, -0.25) is 4.79 Å². The van der Waals surface area contributed by atoms with Gasteiger partial charge in [-0.15, -0.1) is 23.1 Å². The molecule has 0 aliphatic carbocycles. The fourth-order valence-electron chi connectivity index (χ4n) is 3.96. The van der Waals surface area contributed by atoms with Gasteiger partial charge in [0.05, 0.1) is 5.41 Å². The van der Waals surface area contributed by atoms with Crippen molar-refractivity contribution in [3.05, 3.63) is 75.3 Å². The molecule has 4 aromatic rings. The van der Waals surface area contributed by atoms with E-state index in [1.54, 1.807) is 43.1 Å². The van der Waals surface area contributed by atoms with Gasteiger partial charge in [0.1, 0.15) is 17.4 Å². The molecule has 0 aliphatic rings. The number of carbonyl (C=O) groups is 1. The molecule has 0 saturated carbocycles. The van der Waals surface area contributed by atoms with Crippen molar-refractivity contribution in [1.29, 1.82) is 0 Å². The lowest BCUT2D eigenvalue weighted by Gasteiger charge is -2.24. The first-order valence-corrected chi connectivity index (χ1v) is 13.8. The second kappa shape index (κ2) is 10.5. The van der Waals surface area contributed by atoms with Crippen molar-refractivity contribution in [2.75, 3.05) is 0 Å². The number of thioether (sulfide) groups is 1. The lowest BCUT2D eigenvalue weighted by atomic mass is 9.88. The van der Waals surface area contributed by atoms with Crippen LogP contribution in [0.2, 0.25) is 5.02 Å². The second-order valence-electron chi connectivity index (χ2n) is 10.5. The average molecular weight is 543 g/mol. The zero-order valence-corrected chi connectivity index (χ0v) is 23.6. The topological polar surface area (TPSA) is 64.3 Å². The fourth-order valence-corrected chi connectivity index (χ4v) is 5.80. The Kier molecular flexibility index (Phi) is 7.74. The molecule has 5 nitrogen and oxygen atoms in total. The smallest absolute Gasteiger partial charge is 0.309 e. The molecule has 0 spiro atoms. The maximum absolute atomic E-state index is 12.1. The molecule has 4 rings (SSSR count). The van der Waals surface area contributed by atoms with Crippen LogP contribution in [0.3, 0.4) is 0 Å². The zero-order valence-electron chi connectivity index (χ0n) is 21.2. The predicted molar refractivity (Wildman–Crippen MR) is 150 cm³/mol. The fraction of sp³-hybridized carbons (Fsp3) is 0.357. The number of aliphatic carboxylic acids is 1. The van der Waals surface area contributed by atoms with Crippen LogP contribution >= 0.6 is 34.7 Å². The first kappa shape index (κ1) is 26.6. The highest BCUT2D eigenvalue weighted by Crippen LogP contribution is 2.44. The van der Waals surface area contributed by atoms with Crippen LogP contribution < -0.4 is 4.74 Å². The van der Waals surface area contributed by atoms with Crippen molar-refractivity contribution in [3.63, 3.8) is 0 Å². The molecular weight excluding hydrogens is 512 g/mol. The largest absolute Gasteiger partial charge is 0.486 e. The third-order valence-electron chi connectivity index (χ3n) is 5.79. The number of ether oxygens (including phenoxy) is 1. The Morgan fingerprint density at radius 2 is 1.86 bits per heavy atom. The van der Waals surface area contributed by atoms with Gasteiger partial charge in [0.15, 0.2) is 0 Å². The average Bonchev–Trinajstić information content (AvgIpc) is 3.41. The summed E-state index contributed by atoms with van der Waals surface area (Å²) in [6.07, 6.45) is 2.18. The zero-order chi connectivity index (χ0) is 26.1. The maximum Gasteiger partial charge on any atom is 0.309 e. The van der Waals surface area contributed by atoms with E-state index in [9.17, 15) is 9.90 Å². The number of hydrogen-bond acceptors (Lipinski definition) is 5. The van der Waals surface area contributed by atoms with Crippen LogP contribution in [0.4, 0.5) is 0 Å². The number of fused-ring (bicyclic) bond motifs is 1. The number of benzene rings is 2. The van der Waals surface area contributed by atoms with E-state index in [0.717, 1.165) is 37.8 Å². The molecule has 0 fully saturated rings. The van der Waals surface area contributed by atoms with Gasteiger partial charge in [-0.2, -0.15) is 0 Å². The van der Waals surface area contributed by atoms with Gasteiger partial charge in [0.2, 0.25) is 0 Å². The third kappa shape index (κ3) is 6.25. The summed E-state index contributed by atoms with van der Waals surface area (Å²) in [4.78, 5) is 17.5. The summed E-state index contributed by atoms with van der Waals surface area (Å²) < 4.78 is 8.27. The van der Waals surface area contributed by atoms with Crippen molar-refractivity contribution in [3.8, 4) is 5.75 Å². The molecule has 0 radical (unpaired) electrons. The summed E-state index contributed by atoms with van der Waals surface area (Å²) in [5.41, 5.74) is 2.24. The number of halogens is 1. The number of nitrogens with zero attached hydrogens (tertiary/aromatic N) is 2. The van der Waals surface area contributed by atoms with Crippen LogP contribution in [0.15, 0.2) is 58.9 Å². The lowest BCUT2D eigenvalue weighted by molar-refractivity contribution is -0.146. The van der Waals surface area contributed by atoms with Crippen molar-refractivity contribution in [1.82, 2.24) is 9.55 Å². The quantitative estimate of drug-likeness (QED) is 0.218. The first-order valence-electron chi connectivity index (χ1n) is 11.8. The second-order valence-corrected chi connectivity index (χ2v) is 13.7. The number of rotatable bonds is 9. The molecule has 0 amide bonds. The minimum absolute atomic E-state index is 0.0702. The van der Waals surface area contributed by atoms with Crippen LogP contribution in [-0.4, -0.2) is 25.4 Å². The van der Waals surface area contributed by atoms with E-state index >= 15 is 0 Å². The van der Waals surface area contributed by atoms with E-state index < -0.39 is 11.4 Å². The molecule has 0 atom stereocenters. The predicted octanol–water partition coefficient (Wildman–Crippen LogP) is 7.92. The minimum atomic E-state index is -0.927. The summed E-state index contributed by atoms with van der Waals surface area (Å²) >= 11 is 9.46. The Morgan fingerprint density at radius 1 is 1.14 bits per heavy atom. The molecule has 0 saturated heterocycles. The van der Waals surface area contributed by atoms with E-state index in [1.807, 2.05) is 35.7 Å². The highest BCUT2D eigenvalue weighted by Gasteiger charge is 2.32. The normalized spacial score (nSPS) is 12.3. The van der Waals surface area contributed by atoms with E-state index in [1.165, 1.54) is 0 Å². The standard InChI is InChI=1S/C28H31ClN2O3S2/c1-27(2,3)36-25-21-14-20(34-17-24-30-12-13-35-24)10-11-22(21)31(16-18-6-8-19(29)9-7-18)23(25)15-28(4,5)26(32)33/h6-14H,15-17H2,1-5H3,(H,32,33). The van der Waals surface area contributed by atoms with Crippen LogP contribution in [0.5, 0.6) is 5.75 Å². The van der Waals surface area contributed by atoms with Crippen LogP contribution in [0, 0.1) is 5.41 Å². The van der Waals surface area contributed by atoms with Crippen LogP contribution in [0.25, 0.3) is 10.9 Å². The minimum Gasteiger partial charge on any atom is -0.486 e. The summed E-state index contributed by atoms with van der Waals surface area (Å²) in [7, 11) is 0. The van der Waals surface area contributed by atoms with E-state index in [0.29, 0.717) is 24.6 Å². The van der Waals surface area contributed by atoms with Crippen molar-refractivity contribution in [2.24, 2.45) is 5.41 Å². The molecule has 0 unspecified atom stereocenters. The molecule has 2 aromatic carbocycles. The Hall–Kier alpha value is -2.48. The van der Waals surface area contributed by atoms with Gasteiger partial charge < -0.3 is 14.4 Å². The van der Waals surface area contributed by atoms with Gasteiger partial charge in [0.25, 0.3) is 0 Å². The van der Waals surface area contributed by atoms with Gasteiger partial charge in [-0.05, 0) is 49.7 Å². The van der Waals surface area contributed by atoms with Gasteiger partial charge >= 0.3 is 5.97 Å². The van der Waals surface area contributed by atoms with E-state index in [-0.39, 0.29) is 4.75 Å². The SMILES string of the molecule is CC(C)(C)Sc1c(CC(C)(C)C(=O)O)n(Cc2ccc(Cl)cc2)c2ccc(OCc3nccs3)cc12. The van der Waals surface area contributed by atoms with Crippen molar-refractivity contribution >= 4 is 51.6 Å². The maximum atomic E-state index is 12.1. The van der Waals surface area contributed by atoms with Crippen LogP contribution in [0.1, 0.15) is 50.9 Å². The molecule has 8 heteroatoms. The first-order chi connectivity index (χ1) is 16.9. The van der Waals surface area contributed by atoms with E-state index in [4.69, 9.17) is 16.3 Å². The summed E-state index contributed by atoms with van der Waals surface area (Å²) in [6, 6.07) is 13.9. The Labute approximate surface area is 225 Å². The Morgan fingerprint density at radius 3 is 2.47 bits per heavy atom. The molecular formula is C28H31ClN2O3S2. The third-order valence-corrected chi connectivity index (χ3v) is 8.06. The summed E-state index contributed by atoms with van der Waals surface area (Å²) in [5.74, 6) is -0.0499. The highest BCUT2D eigenvalue weighted by atomic mass is 35.5. The van der Waals surface area contributed by atoms with E-state index in [2.05, 4.69) is 42.5 Å². The number of carboxylic acids is 1. The van der Waals surface area contributed by atoms with Crippen molar-refractivity contribution in [2.45, 2.75) is 63.8 Å². The number of aromatic nitrogens is 2. The molecule has 0 bridgehead atoms. The molecule has 1 N–H and O–H groups in total. The molecule has 2 aromatic heterocycles. The Balaban J connectivity index is 1.86. The number of carboxylic acid groups (broad SMARTS) is 1. The lowest BCUT2D eigenvalue weighted by Crippen LogP contribution is -2.28. The van der Waals surface area contributed by atoms with Gasteiger partial charge in [0, 0.05) is 55.8 Å². The highest BCUT2D eigenvalue weighted by molar-refractivity contribution is 8.00. The van der Waals surface area contributed by atoms with Gasteiger partial charge in [-0.25, -0.2) is 4.98 Å². The molecule has 2 heterocycles. The van der Waals surface area contributed by atoms with Gasteiger partial charge in [-0.1, -0.05) is 44.5 Å². The van der Waals surface area contributed by atoms with Crippen LogP contribution in [-0.2, 0) is 24.4 Å². The Bertz CT molecular complexity index is 1350. The summed E-state index contributed by atoms with van der Waals surface area (Å²) in [5, 5.41) is 14.6.